The second-order valence-corrected chi connectivity index (χ2v) is 5.48. The van der Waals surface area contributed by atoms with E-state index in [1.165, 1.54) is 6.26 Å². The van der Waals surface area contributed by atoms with Crippen LogP contribution in [0.25, 0.3) is 0 Å². The van der Waals surface area contributed by atoms with Crippen molar-refractivity contribution in [2.75, 3.05) is 19.3 Å². The highest BCUT2D eigenvalue weighted by molar-refractivity contribution is 7.91. The van der Waals surface area contributed by atoms with Gasteiger partial charge in [-0.1, -0.05) is 6.42 Å². The molecule has 0 aromatic heterocycles. The molecular weight excluding hydrogens is 162 g/mol. The van der Waals surface area contributed by atoms with Crippen molar-refractivity contribution in [2.45, 2.75) is 24.5 Å². The molecule has 1 N–H and O–H groups in total. The minimum absolute atomic E-state index is 0.148. The lowest BCUT2D eigenvalue weighted by atomic mass is 10.2. The van der Waals surface area contributed by atoms with Crippen molar-refractivity contribution >= 4 is 9.84 Å². The highest BCUT2D eigenvalue weighted by atomic mass is 32.2. The van der Waals surface area contributed by atoms with Crippen LogP contribution in [0.15, 0.2) is 0 Å². The summed E-state index contributed by atoms with van der Waals surface area (Å²) in [5, 5.41) is 2.98. The lowest BCUT2D eigenvalue weighted by molar-refractivity contribution is 0.573. The molecule has 3 nitrogen and oxygen atoms in total. The summed E-state index contributed by atoms with van der Waals surface area (Å²) in [6.07, 6.45) is 4.28. The molecule has 0 aliphatic carbocycles. The van der Waals surface area contributed by atoms with E-state index in [2.05, 4.69) is 5.32 Å². The molecule has 1 atom stereocenters. The highest BCUT2D eigenvalue weighted by Crippen LogP contribution is 2.10. The molecule has 1 saturated heterocycles. The molecule has 1 fully saturated rings. The minimum atomic E-state index is -2.81. The first-order valence-electron chi connectivity index (χ1n) is 4.00. The largest absolute Gasteiger partial charge is 0.315 e. The molecule has 66 valence electrons. The fourth-order valence-corrected chi connectivity index (χ4v) is 2.37. The lowest BCUT2D eigenvalue weighted by Crippen LogP contribution is -2.30. The lowest BCUT2D eigenvalue weighted by Gasteiger charge is -2.10. The van der Waals surface area contributed by atoms with Crippen molar-refractivity contribution in [2.24, 2.45) is 0 Å². The van der Waals surface area contributed by atoms with Gasteiger partial charge in [-0.2, -0.15) is 0 Å². The zero-order valence-corrected chi connectivity index (χ0v) is 7.65. The van der Waals surface area contributed by atoms with Crippen molar-refractivity contribution in [3.63, 3.8) is 0 Å². The fourth-order valence-electron chi connectivity index (χ4n) is 1.35. The first-order chi connectivity index (χ1) is 5.11. The molecule has 0 bridgehead atoms. The maximum atomic E-state index is 11.1. The molecule has 0 saturated carbocycles. The van der Waals surface area contributed by atoms with Crippen LogP contribution in [0.2, 0.25) is 0 Å². The minimum Gasteiger partial charge on any atom is -0.315 e. The van der Waals surface area contributed by atoms with Crippen LogP contribution >= 0.6 is 0 Å². The molecule has 1 heterocycles. The van der Waals surface area contributed by atoms with Gasteiger partial charge in [0, 0.05) is 12.8 Å². The van der Waals surface area contributed by atoms with Gasteiger partial charge >= 0.3 is 0 Å². The van der Waals surface area contributed by atoms with Gasteiger partial charge in [0.15, 0.2) is 9.84 Å². The Morgan fingerprint density at radius 1 is 1.36 bits per heavy atom. The van der Waals surface area contributed by atoms with Crippen LogP contribution in [0, 0.1) is 0 Å². The van der Waals surface area contributed by atoms with Crippen molar-refractivity contribution < 1.29 is 8.42 Å². The van der Waals surface area contributed by atoms with E-state index >= 15 is 0 Å². The third-order valence-corrected chi connectivity index (χ3v) is 3.72. The molecular formula is C7H15NO2S. The molecule has 1 aliphatic heterocycles. The summed E-state index contributed by atoms with van der Waals surface area (Å²) in [5.41, 5.74) is 0. The van der Waals surface area contributed by atoms with Gasteiger partial charge in [-0.05, 0) is 19.4 Å². The van der Waals surface area contributed by atoms with Crippen LogP contribution < -0.4 is 5.32 Å². The zero-order chi connectivity index (χ0) is 8.32. The van der Waals surface area contributed by atoms with E-state index in [1.807, 2.05) is 0 Å². The molecule has 0 aromatic rings. The van der Waals surface area contributed by atoms with Crippen molar-refractivity contribution in [1.29, 1.82) is 0 Å². The average Bonchev–Trinajstić information content (AvgIpc) is 2.10. The van der Waals surface area contributed by atoms with E-state index in [0.29, 0.717) is 6.54 Å². The summed E-state index contributed by atoms with van der Waals surface area (Å²) in [5.74, 6) is 0. The van der Waals surface area contributed by atoms with Crippen LogP contribution in [0.3, 0.4) is 0 Å². The van der Waals surface area contributed by atoms with E-state index in [4.69, 9.17) is 0 Å². The molecule has 0 unspecified atom stereocenters. The second kappa shape index (κ2) is 3.54. The summed E-state index contributed by atoms with van der Waals surface area (Å²) in [6.45, 7) is 1.60. The molecule has 1 rings (SSSR count). The van der Waals surface area contributed by atoms with E-state index in [9.17, 15) is 8.42 Å². The van der Waals surface area contributed by atoms with E-state index in [1.54, 1.807) is 0 Å². The Morgan fingerprint density at radius 2 is 2.09 bits per heavy atom. The van der Waals surface area contributed by atoms with Crippen LogP contribution in [0.4, 0.5) is 0 Å². The number of nitrogens with one attached hydrogen (secondary N) is 1. The van der Waals surface area contributed by atoms with Crippen molar-refractivity contribution in [3.8, 4) is 0 Å². The first kappa shape index (κ1) is 9.00. The van der Waals surface area contributed by atoms with Crippen LogP contribution in [0.5, 0.6) is 0 Å². The Bertz CT molecular complexity index is 202. The Morgan fingerprint density at radius 3 is 2.73 bits per heavy atom. The molecule has 4 heteroatoms. The Labute approximate surface area is 68.1 Å². The Kier molecular flexibility index (Phi) is 2.90. The summed E-state index contributed by atoms with van der Waals surface area (Å²) >= 11 is 0. The monoisotopic (exact) mass is 177 g/mol. The predicted octanol–water partition coefficient (Wildman–Crippen LogP) is 0.173. The van der Waals surface area contributed by atoms with Gasteiger partial charge in [0.25, 0.3) is 0 Å². The Hall–Kier alpha value is -0.0900. The normalized spacial score (nSPS) is 27.9. The number of hydrogen-bond donors (Lipinski definition) is 1. The standard InChI is InChI=1S/C7H15NO2S/c1-11(9,10)7-4-2-3-5-8-6-7/h7-8H,2-6H2,1H3/t7-/m1/s1. The molecule has 11 heavy (non-hydrogen) atoms. The summed E-state index contributed by atoms with van der Waals surface area (Å²) in [4.78, 5) is 0. The van der Waals surface area contributed by atoms with Gasteiger partial charge in [-0.3, -0.25) is 0 Å². The number of hydrogen-bond acceptors (Lipinski definition) is 3. The molecule has 0 spiro atoms. The molecule has 0 radical (unpaired) electrons. The van der Waals surface area contributed by atoms with Gasteiger partial charge in [-0.15, -0.1) is 0 Å². The number of rotatable bonds is 1. The fraction of sp³-hybridized carbons (Fsp3) is 1.00. The predicted molar refractivity (Wildman–Crippen MR) is 45.4 cm³/mol. The maximum Gasteiger partial charge on any atom is 0.151 e. The smallest absolute Gasteiger partial charge is 0.151 e. The summed E-state index contributed by atoms with van der Waals surface area (Å²) in [6, 6.07) is 0. The van der Waals surface area contributed by atoms with E-state index in [-0.39, 0.29) is 5.25 Å². The Balaban J connectivity index is 2.57. The second-order valence-electron chi connectivity index (χ2n) is 3.15. The van der Waals surface area contributed by atoms with Gasteiger partial charge in [-0.25, -0.2) is 8.42 Å². The summed E-state index contributed by atoms with van der Waals surface area (Å²) < 4.78 is 22.2. The summed E-state index contributed by atoms with van der Waals surface area (Å²) in [7, 11) is -2.81. The number of sulfone groups is 1. The third-order valence-electron chi connectivity index (χ3n) is 2.11. The quantitative estimate of drug-likeness (QED) is 0.621. The van der Waals surface area contributed by atoms with Crippen molar-refractivity contribution in [3.05, 3.63) is 0 Å². The zero-order valence-electron chi connectivity index (χ0n) is 6.84. The molecule has 0 aromatic carbocycles. The molecule has 0 amide bonds. The van der Waals surface area contributed by atoms with E-state index < -0.39 is 9.84 Å². The highest BCUT2D eigenvalue weighted by Gasteiger charge is 2.21. The van der Waals surface area contributed by atoms with Crippen LogP contribution in [0.1, 0.15) is 19.3 Å². The van der Waals surface area contributed by atoms with Gasteiger partial charge in [0.1, 0.15) is 0 Å². The van der Waals surface area contributed by atoms with E-state index in [0.717, 1.165) is 25.8 Å². The average molecular weight is 177 g/mol. The van der Waals surface area contributed by atoms with Crippen molar-refractivity contribution in [1.82, 2.24) is 5.32 Å². The van der Waals surface area contributed by atoms with Gasteiger partial charge in [0.2, 0.25) is 0 Å². The molecule has 1 aliphatic rings. The van der Waals surface area contributed by atoms with Gasteiger partial charge in [0.05, 0.1) is 5.25 Å². The first-order valence-corrected chi connectivity index (χ1v) is 5.96. The maximum absolute atomic E-state index is 11.1. The SMILES string of the molecule is CS(=O)(=O)[C@@H]1CCCCNC1. The van der Waals surface area contributed by atoms with Crippen LogP contribution in [-0.4, -0.2) is 33.0 Å². The third kappa shape index (κ3) is 2.79. The van der Waals surface area contributed by atoms with Gasteiger partial charge < -0.3 is 5.32 Å². The van der Waals surface area contributed by atoms with Crippen LogP contribution in [-0.2, 0) is 9.84 Å². The topological polar surface area (TPSA) is 46.2 Å².